The fraction of sp³-hybridized carbons (Fsp3) is 0.333. The van der Waals surface area contributed by atoms with Crippen molar-refractivity contribution in [3.8, 4) is 0 Å². The van der Waals surface area contributed by atoms with Crippen molar-refractivity contribution in [1.82, 2.24) is 24.9 Å². The number of rotatable bonds is 6. The van der Waals surface area contributed by atoms with Crippen molar-refractivity contribution < 1.29 is 13.2 Å². The summed E-state index contributed by atoms with van der Waals surface area (Å²) < 4.78 is 27.4. The van der Waals surface area contributed by atoms with Gasteiger partial charge in [0.25, 0.3) is 15.9 Å². The van der Waals surface area contributed by atoms with Crippen molar-refractivity contribution in [2.24, 2.45) is 0 Å². The first kappa shape index (κ1) is 20.3. The van der Waals surface area contributed by atoms with Crippen LogP contribution in [0.1, 0.15) is 20.4 Å². The summed E-state index contributed by atoms with van der Waals surface area (Å²) in [6.07, 6.45) is 0.838. The number of sulfonamides is 1. The molecule has 1 amide bonds. The van der Waals surface area contributed by atoms with E-state index >= 15 is 0 Å². The number of hydrogen-bond acceptors (Lipinski definition) is 6. The van der Waals surface area contributed by atoms with E-state index in [2.05, 4.69) is 24.9 Å². The molecule has 0 aliphatic carbocycles. The van der Waals surface area contributed by atoms with E-state index in [9.17, 15) is 13.2 Å². The Kier molecular flexibility index (Phi) is 5.63. The zero-order chi connectivity index (χ0) is 20.6. The van der Waals surface area contributed by atoms with Crippen LogP contribution in [0.3, 0.4) is 0 Å². The minimum atomic E-state index is -3.72. The molecule has 11 heteroatoms. The standard InChI is InChI=1S/C18H20ClN5O3S2/c1-24-7-4-14-15(10-24)28-18(23-14)17(25)20-5-6-21-29(26,27)16-9-11-8-12(19)2-3-13(11)22-16/h2-3,8-9,21-22H,4-7,10H2,1H3,(H,20,25). The minimum Gasteiger partial charge on any atom is -0.349 e. The number of aromatic nitrogens is 2. The number of nitrogens with zero attached hydrogens (tertiary/aromatic N) is 2. The molecule has 0 unspecified atom stereocenters. The lowest BCUT2D eigenvalue weighted by atomic mass is 10.2. The van der Waals surface area contributed by atoms with E-state index < -0.39 is 10.0 Å². The molecule has 0 fully saturated rings. The van der Waals surface area contributed by atoms with Crippen LogP contribution in [0, 0.1) is 0 Å². The smallest absolute Gasteiger partial charge is 0.280 e. The number of benzene rings is 1. The highest BCUT2D eigenvalue weighted by Gasteiger charge is 2.21. The fourth-order valence-electron chi connectivity index (χ4n) is 3.16. The largest absolute Gasteiger partial charge is 0.349 e. The Bertz CT molecular complexity index is 1170. The maximum Gasteiger partial charge on any atom is 0.280 e. The van der Waals surface area contributed by atoms with Crippen LogP contribution in [0.25, 0.3) is 10.9 Å². The molecule has 0 atom stereocenters. The first-order valence-electron chi connectivity index (χ1n) is 9.05. The second-order valence-electron chi connectivity index (χ2n) is 6.90. The SMILES string of the molecule is CN1CCc2nc(C(=O)NCCNS(=O)(=O)c3cc4cc(Cl)ccc4[nH]3)sc2C1. The van der Waals surface area contributed by atoms with Crippen molar-refractivity contribution in [2.75, 3.05) is 26.7 Å². The second kappa shape index (κ2) is 8.04. The summed E-state index contributed by atoms with van der Waals surface area (Å²) in [6, 6.07) is 6.63. The molecule has 29 heavy (non-hydrogen) atoms. The van der Waals surface area contributed by atoms with E-state index in [0.29, 0.717) is 20.9 Å². The van der Waals surface area contributed by atoms with E-state index in [-0.39, 0.29) is 24.0 Å². The number of likely N-dealkylation sites (N-methyl/N-ethyl adjacent to an activating group) is 1. The molecule has 1 aliphatic rings. The molecule has 0 saturated heterocycles. The summed E-state index contributed by atoms with van der Waals surface area (Å²) in [5.41, 5.74) is 1.67. The highest BCUT2D eigenvalue weighted by molar-refractivity contribution is 7.89. The average Bonchev–Trinajstić information content (AvgIpc) is 3.28. The number of hydrogen-bond donors (Lipinski definition) is 3. The maximum atomic E-state index is 12.5. The van der Waals surface area contributed by atoms with Gasteiger partial charge in [0.1, 0.15) is 5.03 Å². The van der Waals surface area contributed by atoms with Gasteiger partial charge in [-0.2, -0.15) is 0 Å². The zero-order valence-corrected chi connectivity index (χ0v) is 18.0. The number of H-pyrrole nitrogens is 1. The normalized spacial score (nSPS) is 14.8. The summed E-state index contributed by atoms with van der Waals surface area (Å²) >= 11 is 7.33. The summed E-state index contributed by atoms with van der Waals surface area (Å²) in [4.78, 5) is 22.9. The minimum absolute atomic E-state index is 0.0535. The van der Waals surface area contributed by atoms with Crippen LogP contribution in [0.5, 0.6) is 0 Å². The molecule has 3 heterocycles. The van der Waals surface area contributed by atoms with Gasteiger partial charge in [0, 0.05) is 53.4 Å². The van der Waals surface area contributed by atoms with Crippen molar-refractivity contribution in [1.29, 1.82) is 0 Å². The third kappa shape index (κ3) is 4.46. The lowest BCUT2D eigenvalue weighted by molar-refractivity contribution is 0.0953. The number of amides is 1. The topological polar surface area (TPSA) is 107 Å². The van der Waals surface area contributed by atoms with Gasteiger partial charge < -0.3 is 15.2 Å². The van der Waals surface area contributed by atoms with Crippen LogP contribution >= 0.6 is 22.9 Å². The molecule has 2 aromatic heterocycles. The van der Waals surface area contributed by atoms with E-state index in [4.69, 9.17) is 11.6 Å². The third-order valence-electron chi connectivity index (χ3n) is 4.67. The Morgan fingerprint density at radius 1 is 1.34 bits per heavy atom. The molecule has 0 saturated carbocycles. The quantitative estimate of drug-likeness (QED) is 0.495. The predicted molar refractivity (Wildman–Crippen MR) is 113 cm³/mol. The van der Waals surface area contributed by atoms with E-state index in [0.717, 1.165) is 30.1 Å². The monoisotopic (exact) mass is 453 g/mol. The van der Waals surface area contributed by atoms with E-state index in [1.54, 1.807) is 18.2 Å². The number of carbonyl (C=O) groups is 1. The molecule has 0 spiro atoms. The number of aromatic amines is 1. The van der Waals surface area contributed by atoms with Gasteiger partial charge in [-0.1, -0.05) is 11.6 Å². The lowest BCUT2D eigenvalue weighted by Crippen LogP contribution is -2.34. The van der Waals surface area contributed by atoms with Gasteiger partial charge in [-0.05, 0) is 31.3 Å². The van der Waals surface area contributed by atoms with E-state index in [1.165, 1.54) is 17.4 Å². The van der Waals surface area contributed by atoms with Crippen LogP contribution in [-0.4, -0.2) is 55.9 Å². The first-order valence-corrected chi connectivity index (χ1v) is 11.7. The summed E-state index contributed by atoms with van der Waals surface area (Å²) in [5.74, 6) is -0.286. The predicted octanol–water partition coefficient (Wildman–Crippen LogP) is 1.97. The van der Waals surface area contributed by atoms with Gasteiger partial charge in [0.05, 0.1) is 5.69 Å². The number of nitrogens with one attached hydrogen (secondary N) is 3. The molecule has 0 radical (unpaired) electrons. The highest BCUT2D eigenvalue weighted by Crippen LogP contribution is 2.24. The molecular formula is C18H20ClN5O3S2. The van der Waals surface area contributed by atoms with Crippen molar-refractivity contribution in [3.05, 3.63) is 44.9 Å². The summed E-state index contributed by atoms with van der Waals surface area (Å²) in [5, 5.41) is 4.44. The van der Waals surface area contributed by atoms with Crippen molar-refractivity contribution in [2.45, 2.75) is 18.0 Å². The molecule has 3 aromatic rings. The summed E-state index contributed by atoms with van der Waals surface area (Å²) in [7, 11) is -1.69. The van der Waals surface area contributed by atoms with Gasteiger partial charge in [-0.3, -0.25) is 4.79 Å². The van der Waals surface area contributed by atoms with Gasteiger partial charge in [0.2, 0.25) is 0 Å². The molecule has 1 aliphatic heterocycles. The van der Waals surface area contributed by atoms with Crippen molar-refractivity contribution >= 4 is 49.8 Å². The molecule has 4 rings (SSSR count). The number of thiazole rings is 1. The van der Waals surface area contributed by atoms with Crippen LogP contribution in [0.15, 0.2) is 29.3 Å². The van der Waals surface area contributed by atoms with Crippen LogP contribution in [0.2, 0.25) is 5.02 Å². The molecule has 8 nitrogen and oxygen atoms in total. The third-order valence-corrected chi connectivity index (χ3v) is 7.37. The zero-order valence-electron chi connectivity index (χ0n) is 15.7. The van der Waals surface area contributed by atoms with Gasteiger partial charge in [0.15, 0.2) is 5.01 Å². The Morgan fingerprint density at radius 2 is 2.17 bits per heavy atom. The molecule has 154 valence electrons. The summed E-state index contributed by atoms with van der Waals surface area (Å²) in [6.45, 7) is 1.96. The molecular weight excluding hydrogens is 434 g/mol. The molecule has 1 aromatic carbocycles. The number of halogens is 1. The lowest BCUT2D eigenvalue weighted by Gasteiger charge is -2.20. The Hall–Kier alpha value is -1.98. The van der Waals surface area contributed by atoms with Crippen LogP contribution in [-0.2, 0) is 23.0 Å². The average molecular weight is 454 g/mol. The Morgan fingerprint density at radius 3 is 3.00 bits per heavy atom. The number of fused-ring (bicyclic) bond motifs is 2. The molecule has 3 N–H and O–H groups in total. The van der Waals surface area contributed by atoms with Crippen LogP contribution in [0.4, 0.5) is 0 Å². The van der Waals surface area contributed by atoms with Crippen molar-refractivity contribution in [3.63, 3.8) is 0 Å². The molecule has 0 bridgehead atoms. The Balaban J connectivity index is 1.33. The Labute approximate surface area is 177 Å². The van der Waals surface area contributed by atoms with Gasteiger partial charge >= 0.3 is 0 Å². The maximum absolute atomic E-state index is 12.5. The van der Waals surface area contributed by atoms with Gasteiger partial charge in [-0.25, -0.2) is 18.1 Å². The highest BCUT2D eigenvalue weighted by atomic mass is 35.5. The van der Waals surface area contributed by atoms with Crippen LogP contribution < -0.4 is 10.0 Å². The van der Waals surface area contributed by atoms with Gasteiger partial charge in [-0.15, -0.1) is 11.3 Å². The number of carbonyl (C=O) groups excluding carboxylic acids is 1. The van der Waals surface area contributed by atoms with E-state index in [1.807, 2.05) is 7.05 Å². The fourth-order valence-corrected chi connectivity index (χ4v) is 5.49. The first-order chi connectivity index (χ1) is 13.8. The second-order valence-corrected chi connectivity index (χ2v) is 10.2.